The number of para-hydroxylation sites is 1. The highest BCUT2D eigenvalue weighted by Crippen LogP contribution is 2.25. The van der Waals surface area contributed by atoms with E-state index in [-0.39, 0.29) is 17.9 Å². The van der Waals surface area contributed by atoms with Gasteiger partial charge >= 0.3 is 0 Å². The molecule has 2 aromatic carbocycles. The van der Waals surface area contributed by atoms with Gasteiger partial charge in [0.25, 0.3) is 5.91 Å². The van der Waals surface area contributed by atoms with Gasteiger partial charge in [-0.1, -0.05) is 48.5 Å². The average Bonchev–Trinajstić information content (AvgIpc) is 2.77. The van der Waals surface area contributed by atoms with Crippen molar-refractivity contribution in [3.8, 4) is 11.3 Å². The molecule has 1 aliphatic heterocycles. The van der Waals surface area contributed by atoms with Crippen molar-refractivity contribution in [2.45, 2.75) is 32.2 Å². The van der Waals surface area contributed by atoms with Crippen LogP contribution in [0.15, 0.2) is 60.7 Å². The predicted octanol–water partition coefficient (Wildman–Crippen LogP) is 4.03. The molecule has 2 amide bonds. The Balaban J connectivity index is 1.59. The van der Waals surface area contributed by atoms with E-state index < -0.39 is 0 Å². The molecule has 3 aromatic rings. The van der Waals surface area contributed by atoms with Gasteiger partial charge in [-0.25, -0.2) is 4.98 Å². The fourth-order valence-corrected chi connectivity index (χ4v) is 3.86. The number of hydrogen-bond donors (Lipinski definition) is 1. The van der Waals surface area contributed by atoms with Gasteiger partial charge in [-0.3, -0.25) is 9.59 Å². The first-order valence-corrected chi connectivity index (χ1v) is 10.2. The Labute approximate surface area is 170 Å². The van der Waals surface area contributed by atoms with E-state index in [4.69, 9.17) is 4.98 Å². The van der Waals surface area contributed by atoms with Crippen LogP contribution >= 0.6 is 0 Å². The molecule has 1 aliphatic rings. The van der Waals surface area contributed by atoms with Crippen LogP contribution in [0.25, 0.3) is 22.2 Å². The number of benzene rings is 2. The van der Waals surface area contributed by atoms with Gasteiger partial charge in [-0.2, -0.15) is 0 Å². The lowest BCUT2D eigenvalue weighted by molar-refractivity contribution is -0.135. The monoisotopic (exact) mass is 387 g/mol. The second kappa shape index (κ2) is 8.43. The van der Waals surface area contributed by atoms with E-state index in [1.165, 1.54) is 0 Å². The summed E-state index contributed by atoms with van der Waals surface area (Å²) in [7, 11) is 0. The Morgan fingerprint density at radius 3 is 2.66 bits per heavy atom. The van der Waals surface area contributed by atoms with E-state index in [0.29, 0.717) is 18.5 Å². The first-order valence-electron chi connectivity index (χ1n) is 10.2. The van der Waals surface area contributed by atoms with Crippen LogP contribution in [0.3, 0.4) is 0 Å². The number of pyridine rings is 1. The zero-order chi connectivity index (χ0) is 20.2. The number of nitrogens with one attached hydrogen (secondary N) is 1. The smallest absolute Gasteiger partial charge is 0.252 e. The molecule has 0 spiro atoms. The maximum Gasteiger partial charge on any atom is 0.252 e. The van der Waals surface area contributed by atoms with Gasteiger partial charge in [0.15, 0.2) is 0 Å². The van der Waals surface area contributed by atoms with Gasteiger partial charge in [-0.05, 0) is 31.9 Å². The molecule has 5 heteroatoms. The molecule has 1 saturated heterocycles. The molecule has 1 N–H and O–H groups in total. The largest absolute Gasteiger partial charge is 0.350 e. The molecule has 148 valence electrons. The number of rotatable bonds is 5. The van der Waals surface area contributed by atoms with Gasteiger partial charge in [0.1, 0.15) is 0 Å². The maximum atomic E-state index is 13.1. The van der Waals surface area contributed by atoms with Crippen molar-refractivity contribution >= 4 is 22.7 Å². The molecular formula is C24H25N3O2. The highest BCUT2D eigenvalue weighted by atomic mass is 16.2. The number of hydrogen-bond acceptors (Lipinski definition) is 3. The third-order valence-corrected chi connectivity index (χ3v) is 5.48. The second-order valence-corrected chi connectivity index (χ2v) is 7.54. The van der Waals surface area contributed by atoms with Gasteiger partial charge in [-0.15, -0.1) is 0 Å². The number of likely N-dealkylation sites (tertiary alicyclic amines) is 1. The zero-order valence-electron chi connectivity index (χ0n) is 16.6. The van der Waals surface area contributed by atoms with E-state index in [0.717, 1.165) is 41.5 Å². The quantitative estimate of drug-likeness (QED) is 0.719. The number of piperidine rings is 1. The van der Waals surface area contributed by atoms with E-state index in [1.807, 2.05) is 72.5 Å². The highest BCUT2D eigenvalue weighted by Gasteiger charge is 2.23. The Morgan fingerprint density at radius 1 is 1.10 bits per heavy atom. The summed E-state index contributed by atoms with van der Waals surface area (Å²) in [5.74, 6) is 0.0378. The molecule has 0 aliphatic carbocycles. The van der Waals surface area contributed by atoms with Gasteiger partial charge in [0, 0.05) is 36.5 Å². The van der Waals surface area contributed by atoms with Crippen LogP contribution in [0.1, 0.15) is 36.5 Å². The Bertz CT molecular complexity index is 1030. The van der Waals surface area contributed by atoms with E-state index in [1.54, 1.807) is 0 Å². The summed E-state index contributed by atoms with van der Waals surface area (Å²) in [6, 6.07) is 19.4. The van der Waals surface area contributed by atoms with Crippen molar-refractivity contribution in [1.29, 1.82) is 0 Å². The molecule has 5 nitrogen and oxygen atoms in total. The van der Waals surface area contributed by atoms with Crippen molar-refractivity contribution < 1.29 is 9.59 Å². The lowest BCUT2D eigenvalue weighted by Crippen LogP contribution is -2.47. The summed E-state index contributed by atoms with van der Waals surface area (Å²) in [6.07, 6.45) is 2.59. The minimum absolute atomic E-state index is 0.0200. The minimum atomic E-state index is -0.142. The second-order valence-electron chi connectivity index (χ2n) is 7.54. The van der Waals surface area contributed by atoms with Crippen molar-refractivity contribution in [3.05, 3.63) is 66.2 Å². The number of aromatic nitrogens is 1. The SMILES string of the molecule is CC(CNC(=O)c1cc(-c2ccccc2)nc2ccccc12)N1CCCCC1=O. The van der Waals surface area contributed by atoms with Crippen molar-refractivity contribution in [2.75, 3.05) is 13.1 Å². The van der Waals surface area contributed by atoms with E-state index >= 15 is 0 Å². The van der Waals surface area contributed by atoms with Crippen LogP contribution in [0.5, 0.6) is 0 Å². The summed E-state index contributed by atoms with van der Waals surface area (Å²) >= 11 is 0. The van der Waals surface area contributed by atoms with E-state index in [2.05, 4.69) is 5.32 Å². The molecule has 1 fully saturated rings. The summed E-state index contributed by atoms with van der Waals surface area (Å²) < 4.78 is 0. The van der Waals surface area contributed by atoms with Crippen LogP contribution in [0.4, 0.5) is 0 Å². The first kappa shape index (κ1) is 19.1. The Hall–Kier alpha value is -3.21. The molecule has 2 heterocycles. The lowest BCUT2D eigenvalue weighted by Gasteiger charge is -2.32. The summed E-state index contributed by atoms with van der Waals surface area (Å²) in [5, 5.41) is 3.85. The van der Waals surface area contributed by atoms with Crippen LogP contribution in [-0.4, -0.2) is 40.8 Å². The minimum Gasteiger partial charge on any atom is -0.350 e. The standard InChI is InChI=1S/C24H25N3O2/c1-17(27-14-8-7-13-23(27)28)16-25-24(29)20-15-22(18-9-3-2-4-10-18)26-21-12-6-5-11-19(20)21/h2-6,9-12,15,17H,7-8,13-14,16H2,1H3,(H,25,29). The zero-order valence-corrected chi connectivity index (χ0v) is 16.6. The molecular weight excluding hydrogens is 362 g/mol. The number of amides is 2. The molecule has 1 aromatic heterocycles. The third kappa shape index (κ3) is 4.14. The maximum absolute atomic E-state index is 13.1. The summed E-state index contributed by atoms with van der Waals surface area (Å²) in [5.41, 5.74) is 3.14. The molecule has 4 rings (SSSR count). The molecule has 29 heavy (non-hydrogen) atoms. The van der Waals surface area contributed by atoms with Crippen molar-refractivity contribution in [1.82, 2.24) is 15.2 Å². The predicted molar refractivity (Wildman–Crippen MR) is 115 cm³/mol. The normalized spacial score (nSPS) is 15.3. The third-order valence-electron chi connectivity index (χ3n) is 5.48. The van der Waals surface area contributed by atoms with Crippen molar-refractivity contribution in [2.24, 2.45) is 0 Å². The number of carbonyl (C=O) groups is 2. The number of fused-ring (bicyclic) bond motifs is 1. The number of nitrogens with zero attached hydrogens (tertiary/aromatic N) is 2. The van der Waals surface area contributed by atoms with E-state index in [9.17, 15) is 9.59 Å². The molecule has 0 bridgehead atoms. The van der Waals surface area contributed by atoms with Crippen LogP contribution < -0.4 is 5.32 Å². The van der Waals surface area contributed by atoms with Gasteiger partial charge in [0.05, 0.1) is 16.8 Å². The molecule has 1 atom stereocenters. The Kier molecular flexibility index (Phi) is 5.56. The molecule has 1 unspecified atom stereocenters. The molecule has 0 radical (unpaired) electrons. The lowest BCUT2D eigenvalue weighted by atomic mass is 10.0. The van der Waals surface area contributed by atoms with Crippen molar-refractivity contribution in [3.63, 3.8) is 0 Å². The number of carbonyl (C=O) groups excluding carboxylic acids is 2. The van der Waals surface area contributed by atoms with Crippen LogP contribution in [0, 0.1) is 0 Å². The molecule has 0 saturated carbocycles. The first-order chi connectivity index (χ1) is 14.1. The summed E-state index contributed by atoms with van der Waals surface area (Å²) in [4.78, 5) is 31.8. The fraction of sp³-hybridized carbons (Fsp3) is 0.292. The van der Waals surface area contributed by atoms with Gasteiger partial charge in [0.2, 0.25) is 5.91 Å². The van der Waals surface area contributed by atoms with Crippen LogP contribution in [-0.2, 0) is 4.79 Å². The summed E-state index contributed by atoms with van der Waals surface area (Å²) in [6.45, 7) is 3.19. The fourth-order valence-electron chi connectivity index (χ4n) is 3.86. The van der Waals surface area contributed by atoms with Crippen LogP contribution in [0.2, 0.25) is 0 Å². The topological polar surface area (TPSA) is 62.3 Å². The Morgan fingerprint density at radius 2 is 1.86 bits per heavy atom. The average molecular weight is 387 g/mol. The van der Waals surface area contributed by atoms with Gasteiger partial charge < -0.3 is 10.2 Å². The highest BCUT2D eigenvalue weighted by molar-refractivity contribution is 6.07.